The summed E-state index contributed by atoms with van der Waals surface area (Å²) in [6, 6.07) is 2.10. The minimum absolute atomic E-state index is 0.0630. The molecule has 1 amide bonds. The van der Waals surface area contributed by atoms with Gasteiger partial charge in [-0.15, -0.1) is 0 Å². The second kappa shape index (κ2) is 4.76. The molecule has 1 aromatic heterocycles. The van der Waals surface area contributed by atoms with Gasteiger partial charge in [0.15, 0.2) is 12.4 Å². The van der Waals surface area contributed by atoms with E-state index in [1.54, 1.807) is 13.0 Å². The molecule has 0 fully saturated rings. The average Bonchev–Trinajstić information content (AvgIpc) is 2.48. The molecule has 78 valence electrons. The molecule has 0 aromatic carbocycles. The zero-order valence-corrected chi connectivity index (χ0v) is 8.70. The van der Waals surface area contributed by atoms with Crippen LogP contribution in [0.15, 0.2) is 10.6 Å². The summed E-state index contributed by atoms with van der Waals surface area (Å²) in [5.74, 6) is 1.10. The monoisotopic (exact) mass is 198 g/mol. The molecular formula is C9H16N3O2+. The maximum atomic E-state index is 11.3. The van der Waals surface area contributed by atoms with Gasteiger partial charge in [0.25, 0.3) is 5.91 Å². The highest BCUT2D eigenvalue weighted by molar-refractivity contribution is 5.90. The van der Waals surface area contributed by atoms with E-state index in [2.05, 4.69) is 10.5 Å². The number of amides is 1. The van der Waals surface area contributed by atoms with Gasteiger partial charge in [-0.2, -0.15) is 0 Å². The lowest BCUT2D eigenvalue weighted by atomic mass is 10.4. The molecule has 1 heterocycles. The molecule has 0 saturated heterocycles. The molecule has 0 aliphatic heterocycles. The first-order chi connectivity index (χ1) is 6.58. The highest BCUT2D eigenvalue weighted by Crippen LogP contribution is 2.05. The fraction of sp³-hybridized carbons (Fsp3) is 0.556. The molecule has 1 rings (SSSR count). The van der Waals surface area contributed by atoms with Crippen molar-refractivity contribution in [3.05, 3.63) is 11.8 Å². The summed E-state index contributed by atoms with van der Waals surface area (Å²) in [6.45, 7) is 6.26. The van der Waals surface area contributed by atoms with Gasteiger partial charge in [0.1, 0.15) is 5.76 Å². The number of hydrogen-bond donors (Lipinski definition) is 2. The van der Waals surface area contributed by atoms with Crippen molar-refractivity contribution < 1.29 is 14.6 Å². The molecule has 0 spiro atoms. The molecule has 0 aliphatic carbocycles. The van der Waals surface area contributed by atoms with Gasteiger partial charge in [-0.1, -0.05) is 5.16 Å². The van der Waals surface area contributed by atoms with Crippen molar-refractivity contribution in [2.24, 2.45) is 0 Å². The van der Waals surface area contributed by atoms with Gasteiger partial charge in [0.05, 0.1) is 6.04 Å². The van der Waals surface area contributed by atoms with Crippen LogP contribution in [-0.4, -0.2) is 23.7 Å². The molecular weight excluding hydrogens is 182 g/mol. The number of quaternary nitrogens is 1. The first-order valence-electron chi connectivity index (χ1n) is 4.64. The first kappa shape index (κ1) is 10.7. The van der Waals surface area contributed by atoms with E-state index in [0.29, 0.717) is 24.2 Å². The molecule has 0 aliphatic rings. The van der Waals surface area contributed by atoms with Crippen LogP contribution < -0.4 is 10.6 Å². The fourth-order valence-electron chi connectivity index (χ4n) is 0.962. The maximum absolute atomic E-state index is 11.3. The third kappa shape index (κ3) is 3.57. The molecule has 0 atom stereocenters. The van der Waals surface area contributed by atoms with Crippen LogP contribution in [0.2, 0.25) is 0 Å². The molecule has 0 radical (unpaired) electrons. The quantitative estimate of drug-likeness (QED) is 0.709. The average molecular weight is 198 g/mol. The summed E-state index contributed by atoms with van der Waals surface area (Å²) in [7, 11) is 0. The molecule has 14 heavy (non-hydrogen) atoms. The summed E-state index contributed by atoms with van der Waals surface area (Å²) < 4.78 is 4.82. The highest BCUT2D eigenvalue weighted by Gasteiger charge is 2.08. The molecule has 0 saturated carbocycles. The van der Waals surface area contributed by atoms with Crippen LogP contribution >= 0.6 is 0 Å². The first-order valence-corrected chi connectivity index (χ1v) is 4.64. The summed E-state index contributed by atoms with van der Waals surface area (Å²) in [4.78, 5) is 11.3. The lowest BCUT2D eigenvalue weighted by Crippen LogP contribution is -2.90. The van der Waals surface area contributed by atoms with Crippen molar-refractivity contribution in [2.45, 2.75) is 26.8 Å². The largest absolute Gasteiger partial charge is 0.360 e. The Balaban J connectivity index is 2.34. The molecule has 5 heteroatoms. The van der Waals surface area contributed by atoms with Crippen LogP contribution in [0.25, 0.3) is 0 Å². The maximum Gasteiger partial charge on any atom is 0.280 e. The Kier molecular flexibility index (Phi) is 3.64. The van der Waals surface area contributed by atoms with Crippen molar-refractivity contribution in [2.75, 3.05) is 11.9 Å². The Morgan fingerprint density at radius 3 is 2.93 bits per heavy atom. The molecule has 3 N–H and O–H groups in total. The number of rotatable bonds is 4. The third-order valence-corrected chi connectivity index (χ3v) is 1.67. The number of aryl methyl sites for hydroxylation is 1. The number of nitrogens with one attached hydrogen (secondary N) is 1. The van der Waals surface area contributed by atoms with Crippen LogP contribution in [0.4, 0.5) is 5.82 Å². The number of anilines is 1. The Hall–Kier alpha value is -1.36. The van der Waals surface area contributed by atoms with Crippen molar-refractivity contribution in [3.8, 4) is 0 Å². The van der Waals surface area contributed by atoms with Crippen LogP contribution in [0, 0.1) is 6.92 Å². The predicted octanol–water partition coefficient (Wildman–Crippen LogP) is -0.107. The predicted molar refractivity (Wildman–Crippen MR) is 51.8 cm³/mol. The van der Waals surface area contributed by atoms with E-state index in [-0.39, 0.29) is 5.91 Å². The number of nitrogens with zero attached hydrogens (tertiary/aromatic N) is 1. The van der Waals surface area contributed by atoms with Crippen molar-refractivity contribution >= 4 is 11.7 Å². The molecule has 0 bridgehead atoms. The summed E-state index contributed by atoms with van der Waals surface area (Å²) in [5.41, 5.74) is 0. The van der Waals surface area contributed by atoms with Crippen LogP contribution in [0.1, 0.15) is 19.6 Å². The fourth-order valence-corrected chi connectivity index (χ4v) is 0.962. The van der Waals surface area contributed by atoms with Crippen molar-refractivity contribution in [3.63, 3.8) is 0 Å². The zero-order valence-electron chi connectivity index (χ0n) is 8.70. The van der Waals surface area contributed by atoms with Crippen molar-refractivity contribution in [1.29, 1.82) is 0 Å². The van der Waals surface area contributed by atoms with Gasteiger partial charge >= 0.3 is 0 Å². The second-order valence-electron chi connectivity index (χ2n) is 3.55. The van der Waals surface area contributed by atoms with E-state index >= 15 is 0 Å². The number of aromatic nitrogens is 1. The minimum Gasteiger partial charge on any atom is -0.360 e. The number of hydrogen-bond acceptors (Lipinski definition) is 3. The van der Waals surface area contributed by atoms with Gasteiger partial charge in [-0.3, -0.25) is 4.79 Å². The van der Waals surface area contributed by atoms with E-state index in [1.165, 1.54) is 0 Å². The Labute approximate surface area is 82.8 Å². The summed E-state index contributed by atoms with van der Waals surface area (Å²) in [6.07, 6.45) is 0. The van der Waals surface area contributed by atoms with E-state index in [9.17, 15) is 4.79 Å². The second-order valence-corrected chi connectivity index (χ2v) is 3.55. The van der Waals surface area contributed by atoms with E-state index in [1.807, 2.05) is 19.2 Å². The van der Waals surface area contributed by atoms with Gasteiger partial charge in [0.2, 0.25) is 0 Å². The number of nitrogens with two attached hydrogens (primary N) is 1. The Morgan fingerprint density at radius 2 is 2.43 bits per heavy atom. The topological polar surface area (TPSA) is 71.7 Å². The molecule has 0 unspecified atom stereocenters. The lowest BCUT2D eigenvalue weighted by Gasteiger charge is -2.03. The Morgan fingerprint density at radius 1 is 1.71 bits per heavy atom. The van der Waals surface area contributed by atoms with Gasteiger partial charge < -0.3 is 15.2 Å². The van der Waals surface area contributed by atoms with Crippen molar-refractivity contribution in [1.82, 2.24) is 5.16 Å². The van der Waals surface area contributed by atoms with Gasteiger partial charge in [0, 0.05) is 6.07 Å². The highest BCUT2D eigenvalue weighted by atomic mass is 16.5. The van der Waals surface area contributed by atoms with Gasteiger partial charge in [-0.25, -0.2) is 0 Å². The minimum atomic E-state index is -0.0630. The van der Waals surface area contributed by atoms with Crippen LogP contribution in [0.3, 0.4) is 0 Å². The standard InChI is InChI=1S/C9H15N3O2/c1-6(2)10-5-9(13)11-8-4-7(3)14-12-8/h4,6,10H,5H2,1-3H3,(H,11,12,13)/p+1. The van der Waals surface area contributed by atoms with E-state index in [4.69, 9.17) is 4.52 Å². The number of carbonyl (C=O) groups is 1. The molecule has 1 aromatic rings. The van der Waals surface area contributed by atoms with Crippen LogP contribution in [-0.2, 0) is 4.79 Å². The summed E-state index contributed by atoms with van der Waals surface area (Å²) in [5, 5.41) is 8.25. The smallest absolute Gasteiger partial charge is 0.280 e. The van der Waals surface area contributed by atoms with E-state index in [0.717, 1.165) is 0 Å². The lowest BCUT2D eigenvalue weighted by molar-refractivity contribution is -0.672. The van der Waals surface area contributed by atoms with E-state index < -0.39 is 0 Å². The normalized spacial score (nSPS) is 10.6. The van der Waals surface area contributed by atoms with Gasteiger partial charge in [-0.05, 0) is 20.8 Å². The molecule has 5 nitrogen and oxygen atoms in total. The SMILES string of the molecule is Cc1cc(NC(=O)C[NH2+]C(C)C)no1. The number of carbonyl (C=O) groups excluding carboxylic acids is 1. The zero-order chi connectivity index (χ0) is 10.6. The van der Waals surface area contributed by atoms with Crippen LogP contribution in [0.5, 0.6) is 0 Å². The summed E-state index contributed by atoms with van der Waals surface area (Å²) >= 11 is 0. The third-order valence-electron chi connectivity index (χ3n) is 1.67. The Bertz CT molecular complexity index is 307.